The summed E-state index contributed by atoms with van der Waals surface area (Å²) in [6.07, 6.45) is 1.21. The van der Waals surface area contributed by atoms with Gasteiger partial charge in [-0.15, -0.1) is 0 Å². The molecule has 2 aromatic rings. The first-order chi connectivity index (χ1) is 9.78. The van der Waals surface area contributed by atoms with Crippen LogP contribution in [0.15, 0.2) is 42.5 Å². The van der Waals surface area contributed by atoms with Crippen molar-refractivity contribution in [3.8, 4) is 5.75 Å². The summed E-state index contributed by atoms with van der Waals surface area (Å²) in [5.41, 5.74) is 5.54. The lowest BCUT2D eigenvalue weighted by Crippen LogP contribution is -2.28. The molecule has 0 heterocycles. The highest BCUT2D eigenvalue weighted by atomic mass is 16.5. The molecule has 0 spiro atoms. The molecule has 0 fully saturated rings. The molecule has 3 rings (SSSR count). The predicted octanol–water partition coefficient (Wildman–Crippen LogP) is 3.43. The van der Waals surface area contributed by atoms with Gasteiger partial charge in [-0.05, 0) is 41.7 Å². The molecule has 1 N–H and O–H groups in total. The Bertz CT molecular complexity index is 606. The Morgan fingerprint density at radius 1 is 1.20 bits per heavy atom. The number of ether oxygens (including phenoxy) is 1. The summed E-state index contributed by atoms with van der Waals surface area (Å²) in [6, 6.07) is 15.1. The highest BCUT2D eigenvalue weighted by Gasteiger charge is 2.24. The van der Waals surface area contributed by atoms with Crippen molar-refractivity contribution in [1.29, 1.82) is 0 Å². The number of benzene rings is 2. The molecule has 1 atom stereocenters. The van der Waals surface area contributed by atoms with Gasteiger partial charge in [0.1, 0.15) is 5.75 Å². The fraction of sp³-hybridized carbons (Fsp3) is 0.333. The van der Waals surface area contributed by atoms with Crippen LogP contribution in [0.2, 0.25) is 0 Å². The van der Waals surface area contributed by atoms with Crippen LogP contribution in [-0.4, -0.2) is 13.7 Å². The molecular weight excluding hydrogens is 246 g/mol. The number of aryl methyl sites for hydroxylation is 1. The molecule has 0 amide bonds. The van der Waals surface area contributed by atoms with E-state index in [9.17, 15) is 0 Å². The zero-order valence-electron chi connectivity index (χ0n) is 12.1. The van der Waals surface area contributed by atoms with Crippen molar-refractivity contribution in [2.75, 3.05) is 13.7 Å². The molecule has 2 nitrogen and oxygen atoms in total. The van der Waals surface area contributed by atoms with Gasteiger partial charge in [-0.3, -0.25) is 0 Å². The number of rotatable bonds is 5. The molecule has 1 unspecified atom stereocenters. The number of methoxy groups -OCH3 is 1. The molecule has 2 aromatic carbocycles. The first-order valence-electron chi connectivity index (χ1n) is 7.20. The standard InChI is InChI=1S/C18H21NO/c1-13-9-14(7-8-18(13)20-2)11-19-12-16-10-15-5-3-4-6-17(15)16/h3-9,16,19H,10-12H2,1-2H3. The summed E-state index contributed by atoms with van der Waals surface area (Å²) in [5, 5.41) is 3.57. The smallest absolute Gasteiger partial charge is 0.121 e. The molecule has 0 radical (unpaired) electrons. The van der Waals surface area contributed by atoms with E-state index >= 15 is 0 Å². The monoisotopic (exact) mass is 267 g/mol. The van der Waals surface area contributed by atoms with Crippen LogP contribution in [-0.2, 0) is 13.0 Å². The van der Waals surface area contributed by atoms with Gasteiger partial charge in [-0.2, -0.15) is 0 Å². The summed E-state index contributed by atoms with van der Waals surface area (Å²) >= 11 is 0. The Hall–Kier alpha value is -1.80. The molecule has 1 aliphatic carbocycles. The molecule has 0 saturated carbocycles. The minimum Gasteiger partial charge on any atom is -0.496 e. The van der Waals surface area contributed by atoms with Crippen LogP contribution in [0.5, 0.6) is 5.75 Å². The first kappa shape index (κ1) is 13.2. The highest BCUT2D eigenvalue weighted by Crippen LogP contribution is 2.34. The van der Waals surface area contributed by atoms with Gasteiger partial charge in [0.05, 0.1) is 7.11 Å². The fourth-order valence-electron chi connectivity index (χ4n) is 2.99. The Balaban J connectivity index is 1.53. The van der Waals surface area contributed by atoms with Crippen molar-refractivity contribution < 1.29 is 4.74 Å². The highest BCUT2D eigenvalue weighted by molar-refractivity contribution is 5.40. The molecule has 1 aliphatic rings. The van der Waals surface area contributed by atoms with Crippen molar-refractivity contribution in [1.82, 2.24) is 5.32 Å². The molecule has 0 saturated heterocycles. The maximum atomic E-state index is 5.29. The van der Waals surface area contributed by atoms with Gasteiger partial charge in [0.25, 0.3) is 0 Å². The van der Waals surface area contributed by atoms with Gasteiger partial charge in [0.15, 0.2) is 0 Å². The first-order valence-corrected chi connectivity index (χ1v) is 7.20. The summed E-state index contributed by atoms with van der Waals surface area (Å²) < 4.78 is 5.29. The molecule has 20 heavy (non-hydrogen) atoms. The van der Waals surface area contributed by atoms with Gasteiger partial charge in [-0.25, -0.2) is 0 Å². The van der Waals surface area contributed by atoms with Crippen molar-refractivity contribution in [2.45, 2.75) is 25.8 Å². The molecule has 0 bridgehead atoms. The Morgan fingerprint density at radius 3 is 2.80 bits per heavy atom. The maximum Gasteiger partial charge on any atom is 0.121 e. The van der Waals surface area contributed by atoms with E-state index in [1.54, 1.807) is 7.11 Å². The lowest BCUT2D eigenvalue weighted by molar-refractivity contribution is 0.411. The van der Waals surface area contributed by atoms with Gasteiger partial charge in [0.2, 0.25) is 0 Å². The van der Waals surface area contributed by atoms with Crippen LogP contribution >= 0.6 is 0 Å². The number of fused-ring (bicyclic) bond motifs is 1. The van der Waals surface area contributed by atoms with Crippen LogP contribution in [0.3, 0.4) is 0 Å². The number of nitrogens with one attached hydrogen (secondary N) is 1. The summed E-state index contributed by atoms with van der Waals surface area (Å²) in [7, 11) is 1.72. The minimum absolute atomic E-state index is 0.686. The molecule has 0 aliphatic heterocycles. The van der Waals surface area contributed by atoms with E-state index in [1.165, 1.54) is 28.7 Å². The second kappa shape index (κ2) is 5.68. The summed E-state index contributed by atoms with van der Waals surface area (Å²) in [5.74, 6) is 1.65. The van der Waals surface area contributed by atoms with Crippen molar-refractivity contribution >= 4 is 0 Å². The summed E-state index contributed by atoms with van der Waals surface area (Å²) in [6.45, 7) is 4.07. The second-order valence-electron chi connectivity index (χ2n) is 5.53. The van der Waals surface area contributed by atoms with E-state index in [-0.39, 0.29) is 0 Å². The predicted molar refractivity (Wildman–Crippen MR) is 82.3 cm³/mol. The normalized spacial score (nSPS) is 16.4. The van der Waals surface area contributed by atoms with Gasteiger partial charge < -0.3 is 10.1 Å². The summed E-state index contributed by atoms with van der Waals surface area (Å²) in [4.78, 5) is 0. The Labute approximate surface area is 120 Å². The zero-order valence-corrected chi connectivity index (χ0v) is 12.1. The van der Waals surface area contributed by atoms with Crippen LogP contribution < -0.4 is 10.1 Å². The lowest BCUT2D eigenvalue weighted by atomic mass is 9.77. The van der Waals surface area contributed by atoms with Crippen molar-refractivity contribution in [2.24, 2.45) is 0 Å². The Kier molecular flexibility index (Phi) is 3.75. The fourth-order valence-corrected chi connectivity index (χ4v) is 2.99. The van der Waals surface area contributed by atoms with E-state index in [0.29, 0.717) is 5.92 Å². The third-order valence-electron chi connectivity index (χ3n) is 4.14. The topological polar surface area (TPSA) is 21.3 Å². The van der Waals surface area contributed by atoms with Gasteiger partial charge in [-0.1, -0.05) is 36.4 Å². The largest absolute Gasteiger partial charge is 0.496 e. The number of hydrogen-bond acceptors (Lipinski definition) is 2. The third-order valence-corrected chi connectivity index (χ3v) is 4.14. The van der Waals surface area contributed by atoms with Crippen LogP contribution in [0.4, 0.5) is 0 Å². The molecule has 2 heteroatoms. The average molecular weight is 267 g/mol. The Morgan fingerprint density at radius 2 is 2.05 bits per heavy atom. The average Bonchev–Trinajstić information content (AvgIpc) is 2.44. The van der Waals surface area contributed by atoms with E-state index in [2.05, 4.69) is 48.6 Å². The minimum atomic E-state index is 0.686. The van der Waals surface area contributed by atoms with E-state index in [4.69, 9.17) is 4.74 Å². The lowest BCUT2D eigenvalue weighted by Gasteiger charge is -2.30. The molecule has 0 aromatic heterocycles. The SMILES string of the molecule is COc1ccc(CNCC2Cc3ccccc32)cc1C. The number of hydrogen-bond donors (Lipinski definition) is 1. The third kappa shape index (κ3) is 2.56. The van der Waals surface area contributed by atoms with Gasteiger partial charge in [0, 0.05) is 19.0 Å². The van der Waals surface area contributed by atoms with Crippen LogP contribution in [0.25, 0.3) is 0 Å². The van der Waals surface area contributed by atoms with Gasteiger partial charge >= 0.3 is 0 Å². The van der Waals surface area contributed by atoms with Crippen LogP contribution in [0.1, 0.15) is 28.2 Å². The van der Waals surface area contributed by atoms with E-state index in [1.807, 2.05) is 6.07 Å². The van der Waals surface area contributed by atoms with E-state index in [0.717, 1.165) is 18.8 Å². The molecular formula is C18H21NO. The second-order valence-corrected chi connectivity index (χ2v) is 5.53. The van der Waals surface area contributed by atoms with Crippen LogP contribution in [0, 0.1) is 6.92 Å². The van der Waals surface area contributed by atoms with Crippen molar-refractivity contribution in [3.05, 3.63) is 64.7 Å². The zero-order chi connectivity index (χ0) is 13.9. The van der Waals surface area contributed by atoms with Crippen molar-refractivity contribution in [3.63, 3.8) is 0 Å². The quantitative estimate of drug-likeness (QED) is 0.896. The van der Waals surface area contributed by atoms with E-state index < -0.39 is 0 Å². The maximum absolute atomic E-state index is 5.29. The molecule has 104 valence electrons.